The Hall–Kier alpha value is -1.48. The fourth-order valence-corrected chi connectivity index (χ4v) is 2.64. The zero-order chi connectivity index (χ0) is 17.3. The summed E-state index contributed by atoms with van der Waals surface area (Å²) in [4.78, 5) is 24.6. The van der Waals surface area contributed by atoms with Gasteiger partial charge in [-0.3, -0.25) is 4.79 Å². The van der Waals surface area contributed by atoms with Crippen LogP contribution in [0.15, 0.2) is 0 Å². The highest BCUT2D eigenvalue weighted by molar-refractivity contribution is 6.61. The van der Waals surface area contributed by atoms with Gasteiger partial charge in [0.05, 0.1) is 0 Å². The van der Waals surface area contributed by atoms with Crippen LogP contribution in [-0.2, 0) is 9.59 Å². The summed E-state index contributed by atoms with van der Waals surface area (Å²) in [6.45, 7) is 2.24. The average Bonchev–Trinajstić information content (AvgIpc) is 2.52. The lowest BCUT2D eigenvalue weighted by Crippen LogP contribution is -2.24. The molecule has 132 valence electrons. The smallest absolute Gasteiger partial charge is 0.441 e. The number of ketones is 1. The number of unbranched alkanes of at least 4 members (excludes halogenated alkanes) is 12. The summed E-state index contributed by atoms with van der Waals surface area (Å²) in [5, 5.41) is 8.64. The summed E-state index contributed by atoms with van der Waals surface area (Å²) in [5.74, 6) is -2.06. The first kappa shape index (κ1) is 21.5. The number of carbonyl (C=O) groups is 2. The maximum Gasteiger partial charge on any atom is 0.441 e. The molecule has 0 heterocycles. The Balaban J connectivity index is 3.35. The number of rotatable bonds is 16. The highest BCUT2D eigenvalue weighted by Gasteiger charge is 2.27. The van der Waals surface area contributed by atoms with Gasteiger partial charge in [-0.15, -0.1) is 0 Å². The van der Waals surface area contributed by atoms with Crippen molar-refractivity contribution >= 4 is 17.5 Å². The summed E-state index contributed by atoms with van der Waals surface area (Å²) in [5.41, 5.74) is 7.70. The van der Waals surface area contributed by atoms with Crippen LogP contribution in [0.25, 0.3) is 5.53 Å². The Morgan fingerprint density at radius 2 is 1.17 bits per heavy atom. The van der Waals surface area contributed by atoms with Gasteiger partial charge < -0.3 is 10.6 Å². The summed E-state index contributed by atoms with van der Waals surface area (Å²) in [6.07, 6.45) is 15.9. The molecule has 0 bridgehead atoms. The third kappa shape index (κ3) is 12.7. The van der Waals surface area contributed by atoms with Gasteiger partial charge in [-0.25, -0.2) is 4.79 Å². The highest BCUT2D eigenvalue weighted by Crippen LogP contribution is 2.13. The van der Waals surface area contributed by atoms with E-state index in [4.69, 9.17) is 10.6 Å². The van der Waals surface area contributed by atoms with Gasteiger partial charge in [-0.2, -0.15) is 4.79 Å². The second-order valence-corrected chi connectivity index (χ2v) is 6.17. The molecule has 0 aliphatic heterocycles. The maximum absolute atomic E-state index is 11.4. The van der Waals surface area contributed by atoms with E-state index in [9.17, 15) is 9.59 Å². The second-order valence-electron chi connectivity index (χ2n) is 6.17. The van der Waals surface area contributed by atoms with Crippen molar-refractivity contribution in [3.8, 4) is 0 Å². The van der Waals surface area contributed by atoms with Gasteiger partial charge >= 0.3 is 11.7 Å². The molecule has 0 fully saturated rings. The van der Waals surface area contributed by atoms with Crippen LogP contribution in [0.2, 0.25) is 0 Å². The van der Waals surface area contributed by atoms with E-state index in [1.807, 2.05) is 0 Å². The Bertz CT molecular complexity index is 388. The third-order valence-corrected chi connectivity index (χ3v) is 4.07. The molecule has 0 aliphatic rings. The van der Waals surface area contributed by atoms with Gasteiger partial charge in [0.2, 0.25) is 0 Å². The van der Waals surface area contributed by atoms with Crippen molar-refractivity contribution in [2.45, 2.75) is 96.8 Å². The van der Waals surface area contributed by atoms with Crippen LogP contribution in [-0.4, -0.2) is 27.4 Å². The van der Waals surface area contributed by atoms with Crippen LogP contribution in [0.3, 0.4) is 0 Å². The first-order valence-electron chi connectivity index (χ1n) is 9.12. The molecule has 0 saturated heterocycles. The topological polar surface area (TPSA) is 90.8 Å². The van der Waals surface area contributed by atoms with Gasteiger partial charge in [0, 0.05) is 6.42 Å². The van der Waals surface area contributed by atoms with Crippen LogP contribution < -0.4 is 0 Å². The lowest BCUT2D eigenvalue weighted by atomic mass is 10.0. The van der Waals surface area contributed by atoms with E-state index in [0.29, 0.717) is 6.42 Å². The first-order valence-corrected chi connectivity index (χ1v) is 9.12. The Morgan fingerprint density at radius 1 is 0.783 bits per heavy atom. The fourth-order valence-electron chi connectivity index (χ4n) is 2.64. The largest absolute Gasteiger partial charge is 0.472 e. The number of carboxylic acid groups (broad SMARTS) is 1. The fraction of sp³-hybridized carbons (Fsp3) is 0.833. The van der Waals surface area contributed by atoms with Crippen LogP contribution in [0.5, 0.6) is 0 Å². The summed E-state index contributed by atoms with van der Waals surface area (Å²) in [7, 11) is 0. The summed E-state index contributed by atoms with van der Waals surface area (Å²) >= 11 is 0. The SMILES string of the molecule is CCCCCCCCCCCCCCCC(=O)C(=[N+]=[N-])C(=O)O. The Kier molecular flexibility index (Phi) is 14.4. The van der Waals surface area contributed by atoms with Crippen LogP contribution in [0, 0.1) is 0 Å². The number of Topliss-reactive ketones (excluding diaryl/α,β-unsaturated/α-hetero) is 1. The van der Waals surface area contributed by atoms with Crippen LogP contribution in [0.4, 0.5) is 0 Å². The van der Waals surface area contributed by atoms with Gasteiger partial charge in [0.1, 0.15) is 0 Å². The minimum Gasteiger partial charge on any atom is -0.472 e. The molecule has 0 aromatic rings. The van der Waals surface area contributed by atoms with Crippen molar-refractivity contribution in [1.29, 1.82) is 0 Å². The van der Waals surface area contributed by atoms with Crippen molar-refractivity contribution in [1.82, 2.24) is 0 Å². The average molecular weight is 324 g/mol. The molecule has 0 aromatic heterocycles. The van der Waals surface area contributed by atoms with Gasteiger partial charge in [0.25, 0.3) is 5.78 Å². The van der Waals surface area contributed by atoms with E-state index in [-0.39, 0.29) is 6.42 Å². The molecule has 0 rings (SSSR count). The number of carbonyl (C=O) groups excluding carboxylic acids is 1. The third-order valence-electron chi connectivity index (χ3n) is 4.07. The number of hydrogen-bond acceptors (Lipinski definition) is 2. The molecule has 0 aliphatic carbocycles. The Morgan fingerprint density at radius 3 is 1.52 bits per heavy atom. The maximum atomic E-state index is 11.4. The van der Waals surface area contributed by atoms with E-state index in [1.165, 1.54) is 64.2 Å². The van der Waals surface area contributed by atoms with Gasteiger partial charge in [-0.1, -0.05) is 84.0 Å². The van der Waals surface area contributed by atoms with Crippen LogP contribution >= 0.6 is 0 Å². The monoisotopic (exact) mass is 324 g/mol. The standard InChI is InChI=1S/C18H32N2O3/c1-2-3-4-5-6-7-8-9-10-11-12-13-14-15-16(21)17(20-19)18(22)23/h2-15H2,1H3,(H,22,23). The van der Waals surface area contributed by atoms with E-state index in [0.717, 1.165) is 12.8 Å². The molecule has 0 radical (unpaired) electrons. The summed E-state index contributed by atoms with van der Waals surface area (Å²) < 4.78 is 0. The lowest BCUT2D eigenvalue weighted by molar-refractivity contribution is -0.136. The van der Waals surface area contributed by atoms with Crippen molar-refractivity contribution in [2.24, 2.45) is 0 Å². The molecule has 1 N–H and O–H groups in total. The highest BCUT2D eigenvalue weighted by atomic mass is 16.4. The van der Waals surface area contributed by atoms with E-state index < -0.39 is 17.5 Å². The molecule has 23 heavy (non-hydrogen) atoms. The zero-order valence-corrected chi connectivity index (χ0v) is 14.6. The van der Waals surface area contributed by atoms with Crippen molar-refractivity contribution in [2.75, 3.05) is 0 Å². The molecule has 5 heteroatoms. The zero-order valence-electron chi connectivity index (χ0n) is 14.6. The molecule has 5 nitrogen and oxygen atoms in total. The number of carboxylic acids is 1. The Labute approximate surface area is 140 Å². The second kappa shape index (κ2) is 15.4. The normalized spacial score (nSPS) is 10.3. The molecule has 0 aromatic carbocycles. The molecule has 0 saturated carbocycles. The van der Waals surface area contributed by atoms with Gasteiger partial charge in [0.15, 0.2) is 0 Å². The minimum atomic E-state index is -1.47. The van der Waals surface area contributed by atoms with E-state index in [1.54, 1.807) is 0 Å². The van der Waals surface area contributed by atoms with Crippen LogP contribution in [0.1, 0.15) is 96.8 Å². The number of hydrogen-bond donors (Lipinski definition) is 1. The predicted molar refractivity (Wildman–Crippen MR) is 91.6 cm³/mol. The van der Waals surface area contributed by atoms with Crippen molar-refractivity contribution in [3.05, 3.63) is 5.53 Å². The predicted octanol–water partition coefficient (Wildman–Crippen LogP) is 4.79. The molecular weight excluding hydrogens is 292 g/mol. The molecule has 0 amide bonds. The lowest BCUT2D eigenvalue weighted by Gasteiger charge is -2.02. The molecule has 0 unspecified atom stereocenters. The minimum absolute atomic E-state index is 0.142. The molecular formula is C18H32N2O3. The van der Waals surface area contributed by atoms with E-state index >= 15 is 0 Å². The quantitative estimate of drug-likeness (QED) is 0.145. The first-order chi connectivity index (χ1) is 11.1. The molecule has 0 spiro atoms. The number of nitrogens with zero attached hydrogens (tertiary/aromatic N) is 2. The van der Waals surface area contributed by atoms with Crippen molar-refractivity contribution < 1.29 is 19.5 Å². The van der Waals surface area contributed by atoms with Crippen molar-refractivity contribution in [3.63, 3.8) is 0 Å². The van der Waals surface area contributed by atoms with Gasteiger partial charge in [-0.05, 0) is 6.42 Å². The van der Waals surface area contributed by atoms with E-state index in [2.05, 4.69) is 11.7 Å². The number of aliphatic carboxylic acids is 1. The molecule has 0 atom stereocenters. The summed E-state index contributed by atoms with van der Waals surface area (Å²) in [6, 6.07) is 0.